The molecule has 0 saturated heterocycles. The molecule has 0 unspecified atom stereocenters. The molecular weight excluding hydrogens is 404 g/mol. The van der Waals surface area contributed by atoms with Gasteiger partial charge in [-0.3, -0.25) is 4.79 Å². The second-order valence-electron chi connectivity index (χ2n) is 7.05. The Morgan fingerprint density at radius 3 is 2.65 bits per heavy atom. The molecule has 3 heterocycles. The molecule has 1 saturated carbocycles. The number of fused-ring (bicyclic) bond motifs is 1. The van der Waals surface area contributed by atoms with Crippen LogP contribution in [0.2, 0.25) is 0 Å². The number of carbonyl (C=O) groups is 1. The topological polar surface area (TPSA) is 89.0 Å². The van der Waals surface area contributed by atoms with E-state index in [0.717, 1.165) is 0 Å². The fraction of sp³-hybridized carbons (Fsp3) is 0.273. The third-order valence-corrected chi connectivity index (χ3v) is 5.06. The highest BCUT2D eigenvalue weighted by Crippen LogP contribution is 2.43. The molecule has 9 heteroatoms. The molecule has 0 aromatic carbocycles. The van der Waals surface area contributed by atoms with Crippen LogP contribution in [-0.2, 0) is 4.79 Å². The van der Waals surface area contributed by atoms with E-state index in [-0.39, 0.29) is 12.2 Å². The van der Waals surface area contributed by atoms with Crippen molar-refractivity contribution >= 4 is 28.3 Å². The van der Waals surface area contributed by atoms with Crippen molar-refractivity contribution in [3.63, 3.8) is 0 Å². The second kappa shape index (κ2) is 8.52. The summed E-state index contributed by atoms with van der Waals surface area (Å²) < 4.78 is 30.6. The number of rotatable bonds is 5. The summed E-state index contributed by atoms with van der Waals surface area (Å²) in [6.07, 6.45) is 2.46. The van der Waals surface area contributed by atoms with Gasteiger partial charge in [0.1, 0.15) is 23.1 Å². The quantitative estimate of drug-likeness (QED) is 0.612. The van der Waals surface area contributed by atoms with E-state index in [1.165, 1.54) is 0 Å². The average Bonchev–Trinajstić information content (AvgIpc) is 3.59. The number of nitrogens with zero attached hydrogens (tertiary/aromatic N) is 3. The number of carbonyl (C=O) groups excluding carboxylic acids is 1. The molecular formula is C22H19F2N5O2. The Bertz CT molecular complexity index is 1190. The first kappa shape index (κ1) is 20.5. The number of methoxy groups -OCH3 is 1. The van der Waals surface area contributed by atoms with E-state index in [0.29, 0.717) is 33.6 Å². The lowest BCUT2D eigenvalue weighted by molar-refractivity contribution is -0.118. The van der Waals surface area contributed by atoms with Crippen LogP contribution < -0.4 is 15.4 Å². The fourth-order valence-corrected chi connectivity index (χ4v) is 3.22. The van der Waals surface area contributed by atoms with Crippen LogP contribution in [0.4, 0.5) is 20.4 Å². The smallest absolute Gasteiger partial charge is 0.242 e. The highest BCUT2D eigenvalue weighted by Gasteiger charge is 2.48. The van der Waals surface area contributed by atoms with Crippen LogP contribution in [0, 0.1) is 23.7 Å². The molecule has 2 N–H and O–H groups in total. The average molecular weight is 423 g/mol. The summed E-state index contributed by atoms with van der Waals surface area (Å²) in [6.45, 7) is 0. The number of halogens is 2. The minimum Gasteiger partial charge on any atom is -0.495 e. The maximum absolute atomic E-state index is 12.7. The maximum Gasteiger partial charge on any atom is 0.242 e. The minimum atomic E-state index is -2.49. The monoisotopic (exact) mass is 423 g/mol. The second-order valence-corrected chi connectivity index (χ2v) is 7.05. The van der Waals surface area contributed by atoms with Gasteiger partial charge < -0.3 is 15.4 Å². The predicted octanol–water partition coefficient (Wildman–Crippen LogP) is 3.31. The molecule has 3 aromatic rings. The van der Waals surface area contributed by atoms with Gasteiger partial charge in [0.25, 0.3) is 0 Å². The molecule has 2 atom stereocenters. The Hall–Kier alpha value is -3.80. The van der Waals surface area contributed by atoms with Gasteiger partial charge in [0.15, 0.2) is 0 Å². The first-order chi connectivity index (χ1) is 15.0. The largest absolute Gasteiger partial charge is 0.495 e. The first-order valence-electron chi connectivity index (χ1n) is 9.57. The molecule has 0 aliphatic heterocycles. The molecule has 1 amide bonds. The zero-order valence-electron chi connectivity index (χ0n) is 16.8. The molecule has 1 aliphatic rings. The van der Waals surface area contributed by atoms with E-state index in [4.69, 9.17) is 4.74 Å². The van der Waals surface area contributed by atoms with Crippen molar-refractivity contribution < 1.29 is 18.3 Å². The van der Waals surface area contributed by atoms with E-state index in [2.05, 4.69) is 37.4 Å². The van der Waals surface area contributed by atoms with Crippen LogP contribution in [-0.4, -0.2) is 41.4 Å². The predicted molar refractivity (Wildman–Crippen MR) is 112 cm³/mol. The SMILES string of the molecule is CNc1ncc(C#Cc2ccc(OC)cn2)c2cc(NC(=O)[C@H]3C[C@H]3C(F)F)ncc12. The summed E-state index contributed by atoms with van der Waals surface area (Å²) in [7, 11) is 3.30. The highest BCUT2D eigenvalue weighted by molar-refractivity contribution is 5.99. The Balaban J connectivity index is 1.65. The number of alkyl halides is 2. The number of anilines is 2. The van der Waals surface area contributed by atoms with Gasteiger partial charge >= 0.3 is 0 Å². The third kappa shape index (κ3) is 4.38. The molecule has 4 rings (SSSR count). The molecule has 3 aromatic heterocycles. The molecule has 1 fully saturated rings. The van der Waals surface area contributed by atoms with Gasteiger partial charge in [-0.1, -0.05) is 5.92 Å². The van der Waals surface area contributed by atoms with Crippen LogP contribution >= 0.6 is 0 Å². The van der Waals surface area contributed by atoms with Gasteiger partial charge in [-0.2, -0.15) is 0 Å². The zero-order chi connectivity index (χ0) is 22.0. The van der Waals surface area contributed by atoms with E-state index >= 15 is 0 Å². The molecule has 0 bridgehead atoms. The number of hydrogen-bond donors (Lipinski definition) is 2. The van der Waals surface area contributed by atoms with Crippen molar-refractivity contribution in [1.82, 2.24) is 15.0 Å². The summed E-state index contributed by atoms with van der Waals surface area (Å²) in [5.41, 5.74) is 1.17. The standard InChI is InChI=1S/C22H19F2N5O2/c1-25-21-18-11-27-19(29-22(30)17-7-16(17)20(23)24)8-15(18)12(9-28-21)3-4-13-5-6-14(31-2)10-26-13/h5-6,8-11,16-17,20H,7H2,1-2H3,(H,25,28)(H,27,29,30)/t16-,17+/m1/s1. The number of nitrogens with one attached hydrogen (secondary N) is 2. The van der Waals surface area contributed by atoms with Crippen molar-refractivity contribution in [1.29, 1.82) is 0 Å². The van der Waals surface area contributed by atoms with Crippen LogP contribution in [0.3, 0.4) is 0 Å². The van der Waals surface area contributed by atoms with Crippen molar-refractivity contribution in [3.05, 3.63) is 48.0 Å². The fourth-order valence-electron chi connectivity index (χ4n) is 3.22. The molecule has 1 aliphatic carbocycles. The van der Waals surface area contributed by atoms with Crippen molar-refractivity contribution in [2.75, 3.05) is 24.8 Å². The van der Waals surface area contributed by atoms with Crippen molar-refractivity contribution in [3.8, 4) is 17.6 Å². The van der Waals surface area contributed by atoms with Gasteiger partial charge in [-0.25, -0.2) is 23.7 Å². The van der Waals surface area contributed by atoms with Gasteiger partial charge in [0.05, 0.1) is 18.9 Å². The lowest BCUT2D eigenvalue weighted by Crippen LogP contribution is -2.17. The van der Waals surface area contributed by atoms with E-state index in [1.807, 2.05) is 0 Å². The van der Waals surface area contributed by atoms with Gasteiger partial charge in [-0.15, -0.1) is 0 Å². The Morgan fingerprint density at radius 1 is 1.16 bits per heavy atom. The van der Waals surface area contributed by atoms with E-state index in [9.17, 15) is 13.6 Å². The number of aromatic nitrogens is 3. The summed E-state index contributed by atoms with van der Waals surface area (Å²) >= 11 is 0. The summed E-state index contributed by atoms with van der Waals surface area (Å²) in [6, 6.07) is 5.17. The zero-order valence-corrected chi connectivity index (χ0v) is 16.8. The number of amides is 1. The lowest BCUT2D eigenvalue weighted by Gasteiger charge is -2.09. The lowest BCUT2D eigenvalue weighted by atomic mass is 10.1. The summed E-state index contributed by atoms with van der Waals surface area (Å²) in [5.74, 6) is 5.54. The molecule has 0 radical (unpaired) electrons. The first-order valence-corrected chi connectivity index (χ1v) is 9.57. The highest BCUT2D eigenvalue weighted by atomic mass is 19.3. The van der Waals surface area contributed by atoms with Crippen LogP contribution in [0.5, 0.6) is 5.75 Å². The summed E-state index contributed by atoms with van der Waals surface area (Å²) in [5, 5.41) is 7.06. The Kier molecular flexibility index (Phi) is 5.62. The van der Waals surface area contributed by atoms with Gasteiger partial charge in [-0.05, 0) is 30.5 Å². The van der Waals surface area contributed by atoms with Gasteiger partial charge in [0, 0.05) is 42.0 Å². The van der Waals surface area contributed by atoms with Crippen LogP contribution in [0.25, 0.3) is 10.8 Å². The van der Waals surface area contributed by atoms with Crippen LogP contribution in [0.15, 0.2) is 36.8 Å². The molecule has 158 valence electrons. The van der Waals surface area contributed by atoms with Crippen LogP contribution in [0.1, 0.15) is 17.7 Å². The molecule has 7 nitrogen and oxygen atoms in total. The summed E-state index contributed by atoms with van der Waals surface area (Å²) in [4.78, 5) is 25.1. The molecule has 31 heavy (non-hydrogen) atoms. The maximum atomic E-state index is 12.7. The van der Waals surface area contributed by atoms with Gasteiger partial charge in [0.2, 0.25) is 12.3 Å². The number of ether oxygens (including phenoxy) is 1. The number of hydrogen-bond acceptors (Lipinski definition) is 6. The minimum absolute atomic E-state index is 0.191. The third-order valence-electron chi connectivity index (χ3n) is 5.06. The Labute approximate surface area is 177 Å². The van der Waals surface area contributed by atoms with Crippen molar-refractivity contribution in [2.24, 2.45) is 11.8 Å². The van der Waals surface area contributed by atoms with E-state index < -0.39 is 24.2 Å². The molecule has 0 spiro atoms. The Morgan fingerprint density at radius 2 is 2.00 bits per heavy atom. The van der Waals surface area contributed by atoms with Crippen molar-refractivity contribution in [2.45, 2.75) is 12.8 Å². The van der Waals surface area contributed by atoms with E-state index in [1.54, 1.807) is 50.9 Å². The normalized spacial score (nSPS) is 17.1. The number of pyridine rings is 3.